The highest BCUT2D eigenvalue weighted by Gasteiger charge is 2.50. The molecule has 10 nitrogen and oxygen atoms in total. The Balaban J connectivity index is 2.01. The maximum atomic E-state index is 12.0. The zero-order valence-corrected chi connectivity index (χ0v) is 16.3. The van der Waals surface area contributed by atoms with E-state index in [1.807, 2.05) is 0 Å². The van der Waals surface area contributed by atoms with Crippen LogP contribution in [-0.2, 0) is 9.47 Å². The Labute approximate surface area is 165 Å². The number of methoxy groups -OCH3 is 1. The first-order valence-electron chi connectivity index (χ1n) is 8.82. The SMILES string of the molecule is CO[C@@H]1[C@@H](O)[C@@H](O)[C@H](Oc2ccc3c(O)c(C(N)=O)c(=O)oc3c2C)OC1(C)C. The number of aliphatic hydroxyl groups is 2. The van der Waals surface area contributed by atoms with E-state index in [4.69, 9.17) is 24.4 Å². The van der Waals surface area contributed by atoms with Crippen LogP contribution in [0.25, 0.3) is 11.0 Å². The van der Waals surface area contributed by atoms with Gasteiger partial charge in [-0.3, -0.25) is 4.79 Å². The second kappa shape index (κ2) is 7.30. The third-order valence-electron chi connectivity index (χ3n) is 5.03. The molecule has 0 saturated carbocycles. The first-order valence-corrected chi connectivity index (χ1v) is 8.82. The van der Waals surface area contributed by atoms with Crippen molar-refractivity contribution in [1.29, 1.82) is 0 Å². The van der Waals surface area contributed by atoms with Gasteiger partial charge in [-0.25, -0.2) is 4.79 Å². The van der Waals surface area contributed by atoms with E-state index in [0.717, 1.165) is 0 Å². The molecule has 1 fully saturated rings. The summed E-state index contributed by atoms with van der Waals surface area (Å²) in [7, 11) is 1.40. The zero-order chi connectivity index (χ0) is 21.7. The third kappa shape index (κ3) is 3.44. The van der Waals surface area contributed by atoms with Gasteiger partial charge in [0.25, 0.3) is 5.91 Å². The van der Waals surface area contributed by atoms with Gasteiger partial charge in [-0.05, 0) is 32.9 Å². The lowest BCUT2D eigenvalue weighted by Crippen LogP contribution is -2.63. The molecule has 1 aliphatic heterocycles. The number of rotatable bonds is 4. The maximum absolute atomic E-state index is 12.0. The molecule has 2 heterocycles. The van der Waals surface area contributed by atoms with E-state index in [-0.39, 0.29) is 16.7 Å². The summed E-state index contributed by atoms with van der Waals surface area (Å²) in [5.74, 6) is -1.53. The molecule has 1 aromatic carbocycles. The number of aryl methyl sites for hydroxylation is 1. The van der Waals surface area contributed by atoms with E-state index in [2.05, 4.69) is 0 Å². The van der Waals surface area contributed by atoms with Gasteiger partial charge in [0.2, 0.25) is 6.29 Å². The molecule has 0 aliphatic carbocycles. The number of carbonyl (C=O) groups is 1. The van der Waals surface area contributed by atoms with Crippen molar-refractivity contribution in [2.45, 2.75) is 51.0 Å². The maximum Gasteiger partial charge on any atom is 0.353 e. The van der Waals surface area contributed by atoms with E-state index >= 15 is 0 Å². The Bertz CT molecular complexity index is 1010. The molecular formula is C19H23NO9. The van der Waals surface area contributed by atoms with Crippen molar-refractivity contribution >= 4 is 16.9 Å². The molecule has 0 unspecified atom stereocenters. The minimum Gasteiger partial charge on any atom is -0.506 e. The molecular weight excluding hydrogens is 386 g/mol. The normalized spacial score (nSPS) is 26.4. The highest BCUT2D eigenvalue weighted by Crippen LogP contribution is 2.36. The quantitative estimate of drug-likeness (QED) is 0.515. The molecule has 0 spiro atoms. The summed E-state index contributed by atoms with van der Waals surface area (Å²) >= 11 is 0. The summed E-state index contributed by atoms with van der Waals surface area (Å²) in [5, 5.41) is 31.0. The minimum absolute atomic E-state index is 0.0186. The predicted octanol–water partition coefficient (Wildman–Crippen LogP) is 0.156. The molecule has 1 amide bonds. The molecule has 158 valence electrons. The van der Waals surface area contributed by atoms with Gasteiger partial charge in [0.1, 0.15) is 35.4 Å². The summed E-state index contributed by atoms with van der Waals surface area (Å²) < 4.78 is 21.9. The summed E-state index contributed by atoms with van der Waals surface area (Å²) in [6, 6.07) is 2.82. The molecule has 29 heavy (non-hydrogen) atoms. The largest absolute Gasteiger partial charge is 0.506 e. The minimum atomic E-state index is -1.42. The molecule has 1 saturated heterocycles. The van der Waals surface area contributed by atoms with E-state index in [1.54, 1.807) is 20.8 Å². The van der Waals surface area contributed by atoms with Crippen molar-refractivity contribution in [3.8, 4) is 11.5 Å². The highest BCUT2D eigenvalue weighted by molar-refractivity contribution is 6.01. The molecule has 1 aliphatic rings. The number of aromatic hydroxyl groups is 1. The number of primary amides is 1. The summed E-state index contributed by atoms with van der Waals surface area (Å²) in [6.07, 6.45) is -4.71. The van der Waals surface area contributed by atoms with Gasteiger partial charge < -0.3 is 39.7 Å². The number of ether oxygens (including phenoxy) is 3. The van der Waals surface area contributed by atoms with Crippen molar-refractivity contribution < 1.29 is 38.7 Å². The number of carbonyl (C=O) groups excluding carboxylic acids is 1. The fourth-order valence-corrected chi connectivity index (χ4v) is 3.54. The Kier molecular flexibility index (Phi) is 5.30. The van der Waals surface area contributed by atoms with Gasteiger partial charge >= 0.3 is 5.63 Å². The van der Waals surface area contributed by atoms with Gasteiger partial charge in [-0.15, -0.1) is 0 Å². The highest BCUT2D eigenvalue weighted by atomic mass is 16.7. The lowest BCUT2D eigenvalue weighted by molar-refractivity contribution is -0.306. The number of amides is 1. The summed E-state index contributed by atoms with van der Waals surface area (Å²) in [6.45, 7) is 4.92. The summed E-state index contributed by atoms with van der Waals surface area (Å²) in [4.78, 5) is 23.4. The van der Waals surface area contributed by atoms with Crippen molar-refractivity contribution in [2.75, 3.05) is 7.11 Å². The van der Waals surface area contributed by atoms with Gasteiger partial charge in [0.05, 0.1) is 11.0 Å². The fourth-order valence-electron chi connectivity index (χ4n) is 3.54. The van der Waals surface area contributed by atoms with Crippen LogP contribution >= 0.6 is 0 Å². The van der Waals surface area contributed by atoms with E-state index in [1.165, 1.54) is 19.2 Å². The first-order chi connectivity index (χ1) is 13.5. The molecule has 10 heteroatoms. The van der Waals surface area contributed by atoms with Crippen molar-refractivity contribution in [3.63, 3.8) is 0 Å². The lowest BCUT2D eigenvalue weighted by atomic mass is 9.89. The molecule has 3 rings (SSSR count). The van der Waals surface area contributed by atoms with Gasteiger partial charge in [0.15, 0.2) is 5.56 Å². The number of benzene rings is 1. The van der Waals surface area contributed by atoms with Crippen LogP contribution in [0, 0.1) is 6.92 Å². The number of nitrogens with two attached hydrogens (primary N) is 1. The van der Waals surface area contributed by atoms with Crippen molar-refractivity contribution in [1.82, 2.24) is 0 Å². The number of hydrogen-bond acceptors (Lipinski definition) is 9. The molecule has 1 aromatic heterocycles. The van der Waals surface area contributed by atoms with Crippen LogP contribution in [0.15, 0.2) is 21.3 Å². The Morgan fingerprint density at radius 2 is 1.90 bits per heavy atom. The number of hydrogen-bond donors (Lipinski definition) is 4. The number of aliphatic hydroxyl groups excluding tert-OH is 2. The topological polar surface area (TPSA) is 162 Å². The Morgan fingerprint density at radius 3 is 2.48 bits per heavy atom. The van der Waals surface area contributed by atoms with Crippen LogP contribution < -0.4 is 16.1 Å². The summed E-state index contributed by atoms with van der Waals surface area (Å²) in [5.41, 5.74) is 2.70. The Hall–Kier alpha value is -2.66. The third-order valence-corrected chi connectivity index (χ3v) is 5.03. The molecule has 4 atom stereocenters. The van der Waals surface area contributed by atoms with Crippen LogP contribution in [0.2, 0.25) is 0 Å². The molecule has 2 aromatic rings. The molecule has 5 N–H and O–H groups in total. The lowest BCUT2D eigenvalue weighted by Gasteiger charge is -2.46. The number of fused-ring (bicyclic) bond motifs is 1. The Morgan fingerprint density at radius 1 is 1.24 bits per heavy atom. The van der Waals surface area contributed by atoms with Gasteiger partial charge in [-0.2, -0.15) is 0 Å². The average molecular weight is 409 g/mol. The van der Waals surface area contributed by atoms with Crippen LogP contribution in [0.4, 0.5) is 0 Å². The smallest absolute Gasteiger partial charge is 0.353 e. The van der Waals surface area contributed by atoms with Crippen LogP contribution in [-0.4, -0.2) is 58.5 Å². The fraction of sp³-hybridized carbons (Fsp3) is 0.474. The van der Waals surface area contributed by atoms with E-state index in [0.29, 0.717) is 5.56 Å². The van der Waals surface area contributed by atoms with Gasteiger partial charge in [0, 0.05) is 12.7 Å². The second-order valence-electron chi connectivity index (χ2n) is 7.39. The van der Waals surface area contributed by atoms with Crippen molar-refractivity contribution in [3.05, 3.63) is 33.7 Å². The predicted molar refractivity (Wildman–Crippen MR) is 99.8 cm³/mol. The van der Waals surface area contributed by atoms with E-state index < -0.39 is 53.0 Å². The van der Waals surface area contributed by atoms with Crippen LogP contribution in [0.3, 0.4) is 0 Å². The zero-order valence-electron chi connectivity index (χ0n) is 16.3. The van der Waals surface area contributed by atoms with Crippen LogP contribution in [0.5, 0.6) is 11.5 Å². The average Bonchev–Trinajstić information content (AvgIpc) is 2.62. The first kappa shape index (κ1) is 21.1. The molecule has 0 radical (unpaired) electrons. The van der Waals surface area contributed by atoms with Crippen molar-refractivity contribution in [2.24, 2.45) is 5.73 Å². The standard InChI is InChI=1S/C19H23NO9/c1-7-9(27-18-13(23)12(22)15(26-4)19(2,3)29-18)6-5-8-11(21)10(16(20)24)17(25)28-14(7)8/h5-6,12-13,15,18,21-23H,1-4H3,(H2,20,24)/t12-,13+,15+,18+/m0/s1. The van der Waals surface area contributed by atoms with E-state index in [9.17, 15) is 24.9 Å². The van der Waals surface area contributed by atoms with Crippen LogP contribution in [0.1, 0.15) is 29.8 Å². The van der Waals surface area contributed by atoms with Gasteiger partial charge in [-0.1, -0.05) is 0 Å². The second-order valence-corrected chi connectivity index (χ2v) is 7.39. The monoisotopic (exact) mass is 409 g/mol. The molecule has 0 bridgehead atoms.